The van der Waals surface area contributed by atoms with E-state index in [0.717, 1.165) is 16.0 Å². The zero-order valence-corrected chi connectivity index (χ0v) is 11.3. The quantitative estimate of drug-likeness (QED) is 0.901. The molecule has 7 heteroatoms. The van der Waals surface area contributed by atoms with E-state index in [2.05, 4.69) is 20.9 Å². The monoisotopic (exact) mass is 336 g/mol. The molecular weight excluding hydrogens is 329 g/mol. The lowest BCUT2D eigenvalue weighted by Gasteiger charge is -2.16. The van der Waals surface area contributed by atoms with E-state index in [9.17, 15) is 13.2 Å². The molecule has 2 aromatic heterocycles. The van der Waals surface area contributed by atoms with E-state index >= 15 is 0 Å². The smallest absolute Gasteiger partial charge is 0.320 e. The van der Waals surface area contributed by atoms with Crippen molar-refractivity contribution in [1.82, 2.24) is 4.98 Å². The second kappa shape index (κ2) is 4.99. The highest BCUT2D eigenvalue weighted by Crippen LogP contribution is 2.36. The highest BCUT2D eigenvalue weighted by Gasteiger charge is 2.35. The van der Waals surface area contributed by atoms with Crippen molar-refractivity contribution in [3.8, 4) is 0 Å². The second-order valence-corrected chi connectivity index (χ2v) is 5.91. The number of hydrogen-bond acceptors (Lipinski definition) is 3. The Balaban J connectivity index is 2.45. The average molecular weight is 337 g/mol. The molecule has 18 heavy (non-hydrogen) atoms. The molecule has 1 unspecified atom stereocenters. The summed E-state index contributed by atoms with van der Waals surface area (Å²) in [5, 5.41) is 1.72. The minimum Gasteiger partial charge on any atom is -0.320 e. The van der Waals surface area contributed by atoms with Crippen LogP contribution in [0.2, 0.25) is 0 Å². The van der Waals surface area contributed by atoms with Crippen molar-refractivity contribution >= 4 is 27.3 Å². The van der Waals surface area contributed by atoms with Crippen molar-refractivity contribution in [1.29, 1.82) is 0 Å². The van der Waals surface area contributed by atoms with Gasteiger partial charge < -0.3 is 5.73 Å². The van der Waals surface area contributed by atoms with E-state index < -0.39 is 17.8 Å². The zero-order chi connectivity index (χ0) is 13.3. The minimum absolute atomic E-state index is 0.0182. The number of aromatic nitrogens is 1. The Bertz CT molecular complexity index is 553. The molecule has 0 aliphatic carbocycles. The largest absolute Gasteiger partial charge is 0.416 e. The fraction of sp³-hybridized carbons (Fsp3) is 0.182. The normalized spacial score (nSPS) is 13.6. The molecule has 0 amide bonds. The van der Waals surface area contributed by atoms with Crippen LogP contribution in [0.4, 0.5) is 13.2 Å². The van der Waals surface area contributed by atoms with Crippen LogP contribution in [0.3, 0.4) is 0 Å². The molecule has 1 atom stereocenters. The summed E-state index contributed by atoms with van der Waals surface area (Å²) < 4.78 is 39.3. The van der Waals surface area contributed by atoms with Gasteiger partial charge in [0.2, 0.25) is 0 Å². The molecule has 0 fully saturated rings. The molecule has 96 valence electrons. The van der Waals surface area contributed by atoms with Crippen LogP contribution in [-0.4, -0.2) is 4.98 Å². The third-order valence-corrected chi connectivity index (χ3v) is 3.96. The summed E-state index contributed by atoms with van der Waals surface area (Å²) in [6, 6.07) is 1.82. The van der Waals surface area contributed by atoms with Gasteiger partial charge >= 0.3 is 6.18 Å². The molecular formula is C11H8BrF3N2S. The lowest BCUT2D eigenvalue weighted by atomic mass is 9.99. The highest BCUT2D eigenvalue weighted by molar-refractivity contribution is 9.11. The van der Waals surface area contributed by atoms with Crippen LogP contribution < -0.4 is 5.73 Å². The highest BCUT2D eigenvalue weighted by atomic mass is 79.9. The molecule has 0 spiro atoms. The number of nitrogens with two attached hydrogens (primary N) is 1. The van der Waals surface area contributed by atoms with Crippen LogP contribution in [0.25, 0.3) is 0 Å². The topological polar surface area (TPSA) is 38.9 Å². The molecule has 2 N–H and O–H groups in total. The zero-order valence-electron chi connectivity index (χ0n) is 8.91. The minimum atomic E-state index is -4.43. The summed E-state index contributed by atoms with van der Waals surface area (Å²) in [4.78, 5) is 3.72. The molecule has 0 bridgehead atoms. The summed E-state index contributed by atoms with van der Waals surface area (Å²) in [6.07, 6.45) is -2.15. The Morgan fingerprint density at radius 2 is 2.11 bits per heavy atom. The number of alkyl halides is 3. The van der Waals surface area contributed by atoms with Crippen molar-refractivity contribution in [3.05, 3.63) is 50.4 Å². The molecule has 2 aromatic rings. The first kappa shape index (κ1) is 13.5. The number of thiophene rings is 1. The number of halogens is 4. The standard InChI is InChI=1S/C11H8BrF3N2S/c12-9-3-6(5-18-9)10(16)7-4-17-2-1-8(7)11(13,14)15/h1-5,10H,16H2. The molecule has 2 nitrogen and oxygen atoms in total. The van der Waals surface area contributed by atoms with Crippen molar-refractivity contribution in [2.24, 2.45) is 5.73 Å². The maximum Gasteiger partial charge on any atom is 0.416 e. The Hall–Kier alpha value is -0.920. The van der Waals surface area contributed by atoms with Gasteiger partial charge in [0.25, 0.3) is 0 Å². The summed E-state index contributed by atoms with van der Waals surface area (Å²) in [5.41, 5.74) is 5.74. The predicted molar refractivity (Wildman–Crippen MR) is 67.3 cm³/mol. The Morgan fingerprint density at radius 1 is 1.39 bits per heavy atom. The van der Waals surface area contributed by atoms with Crippen LogP contribution in [0.5, 0.6) is 0 Å². The average Bonchev–Trinajstić information content (AvgIpc) is 2.74. The van der Waals surface area contributed by atoms with Gasteiger partial charge in [0, 0.05) is 18.0 Å². The Morgan fingerprint density at radius 3 is 2.67 bits per heavy atom. The Labute approximate surface area is 114 Å². The molecule has 2 heterocycles. The second-order valence-electron chi connectivity index (χ2n) is 3.62. The number of nitrogens with zero attached hydrogens (tertiary/aromatic N) is 1. The SMILES string of the molecule is NC(c1csc(Br)c1)c1cnccc1C(F)(F)F. The molecule has 0 aromatic carbocycles. The van der Waals surface area contributed by atoms with Gasteiger partial charge in [0.1, 0.15) is 0 Å². The van der Waals surface area contributed by atoms with E-state index in [1.165, 1.54) is 17.5 Å². The number of hydrogen-bond donors (Lipinski definition) is 1. The van der Waals surface area contributed by atoms with Crippen LogP contribution in [0.15, 0.2) is 33.7 Å². The van der Waals surface area contributed by atoms with E-state index in [4.69, 9.17) is 5.73 Å². The van der Waals surface area contributed by atoms with Crippen LogP contribution in [0.1, 0.15) is 22.7 Å². The number of pyridine rings is 1. The maximum absolute atomic E-state index is 12.8. The summed E-state index contributed by atoms with van der Waals surface area (Å²) in [5.74, 6) is 0. The van der Waals surface area contributed by atoms with E-state index in [1.54, 1.807) is 11.4 Å². The summed E-state index contributed by atoms with van der Waals surface area (Å²) in [6.45, 7) is 0. The van der Waals surface area contributed by atoms with E-state index in [0.29, 0.717) is 5.56 Å². The molecule has 0 saturated heterocycles. The van der Waals surface area contributed by atoms with Crippen LogP contribution in [0, 0.1) is 0 Å². The third-order valence-electron chi connectivity index (χ3n) is 2.44. The predicted octanol–water partition coefficient (Wildman–Crippen LogP) is 3.97. The molecule has 0 aliphatic rings. The third kappa shape index (κ3) is 2.73. The molecule has 2 rings (SSSR count). The first-order chi connectivity index (χ1) is 8.39. The fourth-order valence-electron chi connectivity index (χ4n) is 1.58. The Kier molecular flexibility index (Phi) is 3.74. The maximum atomic E-state index is 12.8. The van der Waals surface area contributed by atoms with Crippen molar-refractivity contribution in [3.63, 3.8) is 0 Å². The van der Waals surface area contributed by atoms with Crippen molar-refractivity contribution in [2.45, 2.75) is 12.2 Å². The molecule has 0 radical (unpaired) electrons. The van der Waals surface area contributed by atoms with Gasteiger partial charge in [-0.25, -0.2) is 0 Å². The number of rotatable bonds is 2. The van der Waals surface area contributed by atoms with Gasteiger partial charge in [-0.05, 0) is 39.0 Å². The lowest BCUT2D eigenvalue weighted by molar-refractivity contribution is -0.138. The van der Waals surface area contributed by atoms with Crippen molar-refractivity contribution in [2.75, 3.05) is 0 Å². The first-order valence-electron chi connectivity index (χ1n) is 4.90. The van der Waals surface area contributed by atoms with Crippen LogP contribution in [-0.2, 0) is 6.18 Å². The van der Waals surface area contributed by atoms with Crippen molar-refractivity contribution < 1.29 is 13.2 Å². The fourth-order valence-corrected chi connectivity index (χ4v) is 2.79. The van der Waals surface area contributed by atoms with E-state index in [-0.39, 0.29) is 5.56 Å². The van der Waals surface area contributed by atoms with Crippen LogP contribution >= 0.6 is 27.3 Å². The summed E-state index contributed by atoms with van der Waals surface area (Å²) in [7, 11) is 0. The van der Waals surface area contributed by atoms with Gasteiger partial charge in [-0.15, -0.1) is 11.3 Å². The van der Waals surface area contributed by atoms with Gasteiger partial charge in [-0.3, -0.25) is 4.98 Å². The summed E-state index contributed by atoms with van der Waals surface area (Å²) >= 11 is 4.63. The van der Waals surface area contributed by atoms with Gasteiger partial charge in [0.15, 0.2) is 0 Å². The molecule has 0 aliphatic heterocycles. The van der Waals surface area contributed by atoms with Gasteiger partial charge in [-0.1, -0.05) is 0 Å². The lowest BCUT2D eigenvalue weighted by Crippen LogP contribution is -2.18. The first-order valence-corrected chi connectivity index (χ1v) is 6.57. The van der Waals surface area contributed by atoms with Gasteiger partial charge in [-0.2, -0.15) is 13.2 Å². The van der Waals surface area contributed by atoms with E-state index in [1.807, 2.05) is 0 Å². The van der Waals surface area contributed by atoms with Gasteiger partial charge in [0.05, 0.1) is 15.4 Å². The molecule has 0 saturated carbocycles.